The number of benzene rings is 3. The van der Waals surface area contributed by atoms with E-state index >= 15 is 0 Å². The van der Waals surface area contributed by atoms with Gasteiger partial charge in [-0.15, -0.1) is 0 Å². The second-order valence-electron chi connectivity index (χ2n) is 8.40. The van der Waals surface area contributed by atoms with Crippen LogP contribution in [-0.2, 0) is 11.3 Å². The summed E-state index contributed by atoms with van der Waals surface area (Å²) < 4.78 is 6.09. The summed E-state index contributed by atoms with van der Waals surface area (Å²) in [6.07, 6.45) is 0.700. The first-order valence-electron chi connectivity index (χ1n) is 11.6. The van der Waals surface area contributed by atoms with Crippen LogP contribution in [0.5, 0.6) is 5.75 Å². The summed E-state index contributed by atoms with van der Waals surface area (Å²) in [5.41, 5.74) is 2.63. The molecule has 0 aliphatic carbocycles. The second kappa shape index (κ2) is 10.4. The molecule has 0 aromatic heterocycles. The Hall–Kier alpha value is -4.20. The van der Waals surface area contributed by atoms with Gasteiger partial charge in [0.15, 0.2) is 6.10 Å². The van der Waals surface area contributed by atoms with Crippen molar-refractivity contribution < 1.29 is 19.2 Å². The van der Waals surface area contributed by atoms with Gasteiger partial charge < -0.3 is 15.0 Å². The Morgan fingerprint density at radius 1 is 1.11 bits per heavy atom. The Balaban J connectivity index is 1.61. The summed E-state index contributed by atoms with van der Waals surface area (Å²) in [6, 6.07) is 20.6. The number of nitro benzene ring substituents is 1. The minimum absolute atomic E-state index is 0.0594. The molecule has 0 unspecified atom stereocenters. The van der Waals surface area contributed by atoms with Gasteiger partial charge >= 0.3 is 0 Å². The van der Waals surface area contributed by atoms with Gasteiger partial charge in [0.05, 0.1) is 17.5 Å². The molecule has 180 valence electrons. The van der Waals surface area contributed by atoms with E-state index in [2.05, 4.69) is 12.2 Å². The van der Waals surface area contributed by atoms with Crippen molar-refractivity contribution in [1.29, 1.82) is 0 Å². The zero-order valence-corrected chi connectivity index (χ0v) is 19.6. The zero-order chi connectivity index (χ0) is 24.9. The molecular weight excluding hydrogens is 446 g/mol. The van der Waals surface area contributed by atoms with Gasteiger partial charge in [0.2, 0.25) is 0 Å². The molecule has 3 aromatic carbocycles. The van der Waals surface area contributed by atoms with Gasteiger partial charge in [-0.2, -0.15) is 0 Å². The number of nitrogens with zero attached hydrogens (tertiary/aromatic N) is 2. The van der Waals surface area contributed by atoms with Crippen LogP contribution in [0.15, 0.2) is 72.8 Å². The minimum atomic E-state index is -0.588. The number of rotatable bonds is 7. The minimum Gasteiger partial charge on any atom is -0.480 e. The first kappa shape index (κ1) is 23.9. The normalized spacial score (nSPS) is 16.0. The maximum absolute atomic E-state index is 13.4. The van der Waals surface area contributed by atoms with Crippen LogP contribution < -0.4 is 10.1 Å². The SMILES string of the molecule is CC[C@H]1Oc2ccc(NC(=O)c3ccc([N+](=O)[O-])cc3)cc2CN([C@@H](CC)c2ccccc2)C1=O. The molecule has 0 radical (unpaired) electrons. The monoisotopic (exact) mass is 473 g/mol. The van der Waals surface area contributed by atoms with Crippen LogP contribution >= 0.6 is 0 Å². The van der Waals surface area contributed by atoms with E-state index in [1.807, 2.05) is 48.2 Å². The van der Waals surface area contributed by atoms with Gasteiger partial charge in [-0.25, -0.2) is 0 Å². The number of nitro groups is 1. The number of carbonyl (C=O) groups is 2. The maximum atomic E-state index is 13.4. The first-order valence-corrected chi connectivity index (χ1v) is 11.6. The third-order valence-corrected chi connectivity index (χ3v) is 6.15. The number of hydrogen-bond donors (Lipinski definition) is 1. The molecule has 0 fully saturated rings. The fraction of sp³-hybridized carbons (Fsp3) is 0.259. The molecule has 4 rings (SSSR count). The van der Waals surface area contributed by atoms with Crippen molar-refractivity contribution in [3.05, 3.63) is 99.6 Å². The van der Waals surface area contributed by atoms with Gasteiger partial charge in [0, 0.05) is 28.9 Å². The highest BCUT2D eigenvalue weighted by atomic mass is 16.6. The van der Waals surface area contributed by atoms with E-state index in [-0.39, 0.29) is 23.5 Å². The van der Waals surface area contributed by atoms with Crippen molar-refractivity contribution in [3.8, 4) is 5.75 Å². The van der Waals surface area contributed by atoms with Crippen LogP contribution in [0.4, 0.5) is 11.4 Å². The average Bonchev–Trinajstić information content (AvgIpc) is 3.01. The zero-order valence-electron chi connectivity index (χ0n) is 19.6. The van der Waals surface area contributed by atoms with Gasteiger partial charge in [-0.1, -0.05) is 44.2 Å². The Labute approximate surface area is 203 Å². The molecule has 0 spiro atoms. The lowest BCUT2D eigenvalue weighted by atomic mass is 10.0. The summed E-state index contributed by atoms with van der Waals surface area (Å²) in [5, 5.41) is 13.7. The molecule has 2 amide bonds. The molecule has 1 aliphatic heterocycles. The van der Waals surface area contributed by atoms with Crippen molar-refractivity contribution in [2.24, 2.45) is 0 Å². The summed E-state index contributed by atoms with van der Waals surface area (Å²) in [6.45, 7) is 4.33. The number of fused-ring (bicyclic) bond motifs is 1. The first-order chi connectivity index (χ1) is 16.9. The molecular formula is C27H27N3O5. The third-order valence-electron chi connectivity index (χ3n) is 6.15. The van der Waals surface area contributed by atoms with Crippen LogP contribution in [-0.4, -0.2) is 27.7 Å². The molecule has 0 saturated carbocycles. The van der Waals surface area contributed by atoms with Crippen molar-refractivity contribution >= 4 is 23.2 Å². The maximum Gasteiger partial charge on any atom is 0.269 e. The topological polar surface area (TPSA) is 102 Å². The molecule has 0 bridgehead atoms. The summed E-state index contributed by atoms with van der Waals surface area (Å²) in [7, 11) is 0. The van der Waals surface area contributed by atoms with Gasteiger partial charge in [0.25, 0.3) is 17.5 Å². The smallest absolute Gasteiger partial charge is 0.269 e. The number of hydrogen-bond acceptors (Lipinski definition) is 5. The Morgan fingerprint density at radius 2 is 1.83 bits per heavy atom. The molecule has 35 heavy (non-hydrogen) atoms. The van der Waals surface area contributed by atoms with E-state index in [1.54, 1.807) is 12.1 Å². The Morgan fingerprint density at radius 3 is 2.46 bits per heavy atom. The number of nitrogens with one attached hydrogen (secondary N) is 1. The number of ether oxygens (including phenoxy) is 1. The van der Waals surface area contributed by atoms with Crippen molar-refractivity contribution in [1.82, 2.24) is 4.90 Å². The molecule has 2 atom stereocenters. The van der Waals surface area contributed by atoms with Gasteiger partial charge in [-0.3, -0.25) is 19.7 Å². The summed E-state index contributed by atoms with van der Waals surface area (Å²) in [4.78, 5) is 38.3. The van der Waals surface area contributed by atoms with Crippen LogP contribution in [0, 0.1) is 10.1 Å². The Kier molecular flexibility index (Phi) is 7.10. The molecule has 1 N–H and O–H groups in total. The van der Waals surface area contributed by atoms with E-state index in [9.17, 15) is 19.7 Å². The lowest BCUT2D eigenvalue weighted by molar-refractivity contribution is -0.384. The standard InChI is InChI=1S/C27H27N3O5/c1-3-23(18-8-6-5-7-9-18)29-17-20-16-21(12-15-25(20)35-24(4-2)27(29)32)28-26(31)19-10-13-22(14-11-19)30(33)34/h5-16,23-24H,3-4,17H2,1-2H3,(H,28,31)/t23-,24+/m0/s1. The second-order valence-corrected chi connectivity index (χ2v) is 8.40. The van der Waals surface area contributed by atoms with E-state index < -0.39 is 11.0 Å². The fourth-order valence-corrected chi connectivity index (χ4v) is 4.32. The van der Waals surface area contributed by atoms with Crippen molar-refractivity contribution in [2.75, 3.05) is 5.32 Å². The molecule has 3 aromatic rings. The average molecular weight is 474 g/mol. The van der Waals surface area contributed by atoms with E-state index in [0.29, 0.717) is 30.0 Å². The van der Waals surface area contributed by atoms with E-state index in [4.69, 9.17) is 4.74 Å². The van der Waals surface area contributed by atoms with Gasteiger partial charge in [0.1, 0.15) is 5.75 Å². The van der Waals surface area contributed by atoms with Crippen LogP contribution in [0.1, 0.15) is 54.2 Å². The van der Waals surface area contributed by atoms with Crippen molar-refractivity contribution in [2.45, 2.75) is 45.4 Å². The largest absolute Gasteiger partial charge is 0.480 e. The highest BCUT2D eigenvalue weighted by Gasteiger charge is 2.34. The lowest BCUT2D eigenvalue weighted by Crippen LogP contribution is -2.41. The molecule has 8 nitrogen and oxygen atoms in total. The molecule has 1 heterocycles. The summed E-state index contributed by atoms with van der Waals surface area (Å²) >= 11 is 0. The number of carbonyl (C=O) groups excluding carboxylic acids is 2. The number of anilines is 1. The highest BCUT2D eigenvalue weighted by Crippen LogP contribution is 2.35. The third kappa shape index (κ3) is 5.16. The van der Waals surface area contributed by atoms with E-state index in [1.165, 1.54) is 24.3 Å². The van der Waals surface area contributed by atoms with Crippen molar-refractivity contribution in [3.63, 3.8) is 0 Å². The fourth-order valence-electron chi connectivity index (χ4n) is 4.32. The quantitative estimate of drug-likeness (QED) is 0.361. The number of amides is 2. The van der Waals surface area contributed by atoms with Gasteiger partial charge in [-0.05, 0) is 48.7 Å². The van der Waals surface area contributed by atoms with Crippen LogP contribution in [0.25, 0.3) is 0 Å². The predicted molar refractivity (Wildman–Crippen MR) is 132 cm³/mol. The van der Waals surface area contributed by atoms with Crippen LogP contribution in [0.2, 0.25) is 0 Å². The Bertz CT molecular complexity index is 1230. The number of non-ortho nitro benzene ring substituents is 1. The molecule has 1 aliphatic rings. The predicted octanol–water partition coefficient (Wildman–Crippen LogP) is 5.50. The van der Waals surface area contributed by atoms with E-state index in [0.717, 1.165) is 17.5 Å². The highest BCUT2D eigenvalue weighted by molar-refractivity contribution is 6.04. The van der Waals surface area contributed by atoms with Crippen LogP contribution in [0.3, 0.4) is 0 Å². The molecule has 8 heteroatoms. The lowest BCUT2D eigenvalue weighted by Gasteiger charge is -2.32. The molecule has 0 saturated heterocycles. The summed E-state index contributed by atoms with van der Waals surface area (Å²) in [5.74, 6) is 0.171.